The van der Waals surface area contributed by atoms with Gasteiger partial charge in [-0.25, -0.2) is 29.9 Å². The molecule has 2 heterocycles. The second-order valence-electron chi connectivity index (χ2n) is 16.0. The minimum absolute atomic E-state index is 0.558. The van der Waals surface area contributed by atoms with Crippen LogP contribution in [0.2, 0.25) is 0 Å². The average molecular weight is 741 g/mol. The van der Waals surface area contributed by atoms with E-state index in [4.69, 9.17) is 29.9 Å². The summed E-state index contributed by atoms with van der Waals surface area (Å²) in [6.07, 6.45) is 0. The van der Waals surface area contributed by atoms with Gasteiger partial charge in [0.15, 0.2) is 34.9 Å². The second-order valence-corrected chi connectivity index (χ2v) is 16.0. The molecule has 0 bridgehead atoms. The van der Waals surface area contributed by atoms with Gasteiger partial charge >= 0.3 is 0 Å². The largest absolute Gasteiger partial charge is 0.211 e. The van der Waals surface area contributed by atoms with Crippen molar-refractivity contribution in [3.05, 3.63) is 189 Å². The molecule has 1 aliphatic carbocycles. The minimum atomic E-state index is -1.14. The Bertz CT molecular complexity index is 2490. The fraction of sp³-hybridized carbons (Fsp3) is 0.176. The number of aromatic nitrogens is 6. The molecule has 0 amide bonds. The molecular weight excluding hydrogens is 697 g/mol. The zero-order valence-corrected chi connectivity index (χ0v) is 33.7. The van der Waals surface area contributed by atoms with Crippen molar-refractivity contribution in [3.8, 4) is 56.7 Å². The first kappa shape index (κ1) is 36.0. The highest BCUT2D eigenvalue weighted by atomic mass is 15.1. The molecule has 0 spiro atoms. The van der Waals surface area contributed by atoms with Crippen LogP contribution in [0.25, 0.3) is 56.7 Å². The van der Waals surface area contributed by atoms with Crippen molar-refractivity contribution in [2.24, 2.45) is 0 Å². The van der Waals surface area contributed by atoms with Crippen molar-refractivity contribution in [2.75, 3.05) is 0 Å². The number of fused-ring (bicyclic) bond motifs is 3. The van der Waals surface area contributed by atoms with E-state index in [9.17, 15) is 0 Å². The highest BCUT2D eigenvalue weighted by Crippen LogP contribution is 2.55. The molecule has 6 aromatic carbocycles. The van der Waals surface area contributed by atoms with Crippen molar-refractivity contribution in [3.63, 3.8) is 0 Å². The minimum Gasteiger partial charge on any atom is -0.211 e. The van der Waals surface area contributed by atoms with Gasteiger partial charge in [-0.3, -0.25) is 0 Å². The first-order valence-electron chi connectivity index (χ1n) is 19.5. The third-order valence-corrected chi connectivity index (χ3v) is 10.8. The lowest BCUT2D eigenvalue weighted by Crippen LogP contribution is -2.34. The number of nitrogens with zero attached hydrogens (tertiary/aromatic N) is 6. The molecule has 0 radical (unpaired) electrons. The average Bonchev–Trinajstić information content (AvgIpc) is 3.47. The number of aryl methyl sites for hydroxylation is 8. The molecule has 0 saturated carbocycles. The zero-order valence-electron chi connectivity index (χ0n) is 33.7. The van der Waals surface area contributed by atoms with Gasteiger partial charge in [0, 0.05) is 22.3 Å². The van der Waals surface area contributed by atoms with Gasteiger partial charge in [0.05, 0.1) is 0 Å². The smallest absolute Gasteiger partial charge is 0.163 e. The maximum Gasteiger partial charge on any atom is 0.163 e. The molecule has 0 saturated heterocycles. The van der Waals surface area contributed by atoms with Crippen LogP contribution in [0.3, 0.4) is 0 Å². The first-order chi connectivity index (χ1) is 27.4. The molecule has 0 atom stereocenters. The predicted octanol–water partition coefficient (Wildman–Crippen LogP) is 11.6. The van der Waals surface area contributed by atoms with Crippen LogP contribution in [0.15, 0.2) is 121 Å². The normalized spacial score (nSPS) is 12.7. The fourth-order valence-electron chi connectivity index (χ4n) is 8.84. The molecule has 0 fully saturated rings. The van der Waals surface area contributed by atoms with Crippen LogP contribution in [-0.4, -0.2) is 29.9 Å². The van der Waals surface area contributed by atoms with E-state index in [-0.39, 0.29) is 0 Å². The highest BCUT2D eigenvalue weighted by molar-refractivity contribution is 5.85. The van der Waals surface area contributed by atoms with Crippen LogP contribution >= 0.6 is 0 Å². The number of benzene rings is 6. The monoisotopic (exact) mass is 740 g/mol. The predicted molar refractivity (Wildman–Crippen MR) is 230 cm³/mol. The van der Waals surface area contributed by atoms with E-state index in [0.717, 1.165) is 89.0 Å². The lowest BCUT2D eigenvalue weighted by molar-refractivity contribution is 0.639. The summed E-state index contributed by atoms with van der Waals surface area (Å²) >= 11 is 0. The number of hydrogen-bond donors (Lipinski definition) is 0. The van der Waals surface area contributed by atoms with E-state index in [1.165, 1.54) is 0 Å². The summed E-state index contributed by atoms with van der Waals surface area (Å²) in [6.45, 7) is 16.9. The van der Waals surface area contributed by atoms with E-state index < -0.39 is 5.41 Å². The Labute approximate surface area is 334 Å². The summed E-state index contributed by atoms with van der Waals surface area (Å²) in [5, 5.41) is 0. The molecule has 278 valence electrons. The van der Waals surface area contributed by atoms with Gasteiger partial charge in [0.1, 0.15) is 5.41 Å². The highest BCUT2D eigenvalue weighted by Gasteiger charge is 2.52. The summed E-state index contributed by atoms with van der Waals surface area (Å²) < 4.78 is 0. The van der Waals surface area contributed by atoms with E-state index in [1.54, 1.807) is 0 Å². The maximum atomic E-state index is 5.52. The maximum absolute atomic E-state index is 5.52. The van der Waals surface area contributed by atoms with Crippen molar-refractivity contribution >= 4 is 0 Å². The van der Waals surface area contributed by atoms with Crippen LogP contribution in [-0.2, 0) is 5.41 Å². The Hall–Kier alpha value is -6.66. The van der Waals surface area contributed by atoms with E-state index in [1.807, 2.05) is 0 Å². The van der Waals surface area contributed by atoms with E-state index in [2.05, 4.69) is 177 Å². The van der Waals surface area contributed by atoms with Crippen LogP contribution in [0.5, 0.6) is 0 Å². The lowest BCUT2D eigenvalue weighted by Gasteiger charge is -2.30. The molecular formula is C51H44N6. The van der Waals surface area contributed by atoms with Gasteiger partial charge in [0.25, 0.3) is 0 Å². The molecule has 57 heavy (non-hydrogen) atoms. The second kappa shape index (κ2) is 13.8. The van der Waals surface area contributed by atoms with Crippen LogP contribution in [0.4, 0.5) is 0 Å². The van der Waals surface area contributed by atoms with Gasteiger partial charge in [-0.15, -0.1) is 0 Å². The van der Waals surface area contributed by atoms with E-state index >= 15 is 0 Å². The standard InChI is InChI=1S/C51H44N6/c1-29-17-30(2)22-37(21-29)45-52-46(38-23-31(3)18-32(4)24-38)55-49(54-45)51(43-15-11-9-13-41(43)42-14-10-12-16-44(42)51)50-56-47(39-25-33(5)19-34(6)26-39)53-48(57-50)40-27-35(7)20-36(8)28-40/h9-28H,1-8H3. The van der Waals surface area contributed by atoms with Gasteiger partial charge in [-0.05, 0) is 126 Å². The Morgan fingerprint density at radius 3 is 0.807 bits per heavy atom. The topological polar surface area (TPSA) is 77.3 Å². The summed E-state index contributed by atoms with van der Waals surface area (Å²) in [6, 6.07) is 43.0. The molecule has 6 nitrogen and oxygen atoms in total. The van der Waals surface area contributed by atoms with Crippen LogP contribution < -0.4 is 0 Å². The molecule has 0 N–H and O–H groups in total. The van der Waals surface area contributed by atoms with Crippen molar-refractivity contribution in [1.82, 2.24) is 29.9 Å². The third kappa shape index (κ3) is 6.41. The summed E-state index contributed by atoms with van der Waals surface area (Å²) in [4.78, 5) is 32.6. The van der Waals surface area contributed by atoms with E-state index in [0.29, 0.717) is 34.9 Å². The molecule has 0 unspecified atom stereocenters. The first-order valence-corrected chi connectivity index (χ1v) is 19.5. The number of rotatable bonds is 6. The fourth-order valence-corrected chi connectivity index (χ4v) is 8.84. The van der Waals surface area contributed by atoms with Gasteiger partial charge in [-0.2, -0.15) is 0 Å². The SMILES string of the molecule is Cc1cc(C)cc(-c2nc(-c3cc(C)cc(C)c3)nc(C3(c4nc(-c5cc(C)cc(C)c5)nc(-c5cc(C)cc(C)c5)n4)c4ccccc4-c4ccccc43)n2)c1. The van der Waals surface area contributed by atoms with Gasteiger partial charge in [0.2, 0.25) is 0 Å². The van der Waals surface area contributed by atoms with Gasteiger partial charge in [-0.1, -0.05) is 117 Å². The molecule has 9 rings (SSSR count). The Morgan fingerprint density at radius 2 is 0.544 bits per heavy atom. The molecule has 1 aliphatic rings. The van der Waals surface area contributed by atoms with Gasteiger partial charge < -0.3 is 0 Å². The molecule has 2 aromatic heterocycles. The Kier molecular flexibility index (Phi) is 8.73. The summed E-state index contributed by atoms with van der Waals surface area (Å²) in [7, 11) is 0. The van der Waals surface area contributed by atoms with Crippen LogP contribution in [0, 0.1) is 55.4 Å². The Balaban J connectivity index is 1.45. The quantitative estimate of drug-likeness (QED) is 0.169. The van der Waals surface area contributed by atoms with Crippen molar-refractivity contribution in [2.45, 2.75) is 60.8 Å². The van der Waals surface area contributed by atoms with Crippen molar-refractivity contribution in [1.29, 1.82) is 0 Å². The summed E-state index contributed by atoms with van der Waals surface area (Å²) in [5.74, 6) is 3.51. The molecule has 6 heteroatoms. The number of hydrogen-bond acceptors (Lipinski definition) is 6. The molecule has 0 aliphatic heterocycles. The zero-order chi connectivity index (χ0) is 39.6. The summed E-state index contributed by atoms with van der Waals surface area (Å²) in [5.41, 5.74) is 15.9. The van der Waals surface area contributed by atoms with Crippen molar-refractivity contribution < 1.29 is 0 Å². The molecule has 8 aromatic rings. The third-order valence-electron chi connectivity index (χ3n) is 10.8. The van der Waals surface area contributed by atoms with Crippen LogP contribution in [0.1, 0.15) is 67.3 Å². The Morgan fingerprint density at radius 1 is 0.298 bits per heavy atom. The lowest BCUT2D eigenvalue weighted by atomic mass is 9.76.